The second kappa shape index (κ2) is 5.33. The maximum atomic E-state index is 11.8. The number of carbonyl (C=O) groups is 2. The fourth-order valence-electron chi connectivity index (χ4n) is 1.86. The molecule has 5 heteroatoms. The topological polar surface area (TPSA) is 57.6 Å². The van der Waals surface area contributed by atoms with E-state index >= 15 is 0 Å². The van der Waals surface area contributed by atoms with Gasteiger partial charge in [-0.05, 0) is 5.56 Å². The smallest absolute Gasteiger partial charge is 0.239 e. The lowest BCUT2D eigenvalue weighted by Gasteiger charge is -2.31. The molecule has 1 aliphatic rings. The monoisotopic (exact) mass is 251 g/mol. The van der Waals surface area contributed by atoms with Gasteiger partial charge in [0.15, 0.2) is 0 Å². The molecule has 2 amide bonds. The second-order valence-corrected chi connectivity index (χ2v) is 4.74. The quantitative estimate of drug-likeness (QED) is 0.808. The molecule has 1 aromatic carbocycles. The van der Waals surface area contributed by atoms with Crippen LogP contribution in [-0.2, 0) is 9.59 Å². The van der Waals surface area contributed by atoms with Crippen LogP contribution in [-0.4, -0.2) is 39.9 Å². The predicted molar refractivity (Wildman–Crippen MR) is 65.4 cm³/mol. The minimum atomic E-state index is -0.558. The van der Waals surface area contributed by atoms with E-state index in [-0.39, 0.29) is 18.4 Å². The Morgan fingerprint density at radius 3 is 2.29 bits per heavy atom. The van der Waals surface area contributed by atoms with E-state index in [2.05, 4.69) is 0 Å². The van der Waals surface area contributed by atoms with Crippen molar-refractivity contribution in [3.63, 3.8) is 0 Å². The fraction of sp³-hybridized carbons (Fsp3) is 0.333. The third kappa shape index (κ3) is 2.50. The van der Waals surface area contributed by atoms with Crippen molar-refractivity contribution in [2.24, 2.45) is 0 Å². The number of aliphatic hydroxyl groups excluding tert-OH is 1. The molecule has 0 radical (unpaired) electrons. The third-order valence-electron chi connectivity index (χ3n) is 2.66. The van der Waals surface area contributed by atoms with Gasteiger partial charge in [-0.2, -0.15) is 0 Å². The Balaban J connectivity index is 2.29. The van der Waals surface area contributed by atoms with Crippen LogP contribution in [0, 0.1) is 0 Å². The Hall–Kier alpha value is -1.33. The molecule has 0 unspecified atom stereocenters. The summed E-state index contributed by atoms with van der Waals surface area (Å²) < 4.78 is 0. The van der Waals surface area contributed by atoms with E-state index in [9.17, 15) is 14.7 Å². The maximum Gasteiger partial charge on any atom is 0.239 e. The van der Waals surface area contributed by atoms with Crippen molar-refractivity contribution in [2.45, 2.75) is 6.04 Å². The van der Waals surface area contributed by atoms with Crippen LogP contribution in [0.3, 0.4) is 0 Å². The van der Waals surface area contributed by atoms with Crippen molar-refractivity contribution in [3.8, 4) is 0 Å². The van der Waals surface area contributed by atoms with Crippen LogP contribution in [0.25, 0.3) is 0 Å². The molecule has 1 aromatic rings. The molecule has 0 aromatic heterocycles. The van der Waals surface area contributed by atoms with Gasteiger partial charge in [0.2, 0.25) is 11.8 Å². The summed E-state index contributed by atoms with van der Waals surface area (Å²) in [6.07, 6.45) is 0. The summed E-state index contributed by atoms with van der Waals surface area (Å²) in [6.45, 7) is -0.244. The van der Waals surface area contributed by atoms with Crippen LogP contribution in [0.4, 0.5) is 0 Å². The molecule has 90 valence electrons. The van der Waals surface area contributed by atoms with E-state index in [0.717, 1.165) is 5.56 Å². The van der Waals surface area contributed by atoms with Gasteiger partial charge in [-0.1, -0.05) is 30.3 Å². The summed E-state index contributed by atoms with van der Waals surface area (Å²) in [7, 11) is 0. The first-order chi connectivity index (χ1) is 8.24. The van der Waals surface area contributed by atoms with E-state index in [1.165, 1.54) is 16.7 Å². The molecule has 0 spiro atoms. The first-order valence-corrected chi connectivity index (χ1v) is 6.48. The number of hydrogen-bond donors (Lipinski definition) is 1. The number of aliphatic hydroxyl groups is 1. The van der Waals surface area contributed by atoms with Crippen LogP contribution >= 0.6 is 11.8 Å². The molecule has 0 bridgehead atoms. The predicted octanol–water partition coefficient (Wildman–Crippen LogP) is 0.822. The largest absolute Gasteiger partial charge is 0.394 e. The van der Waals surface area contributed by atoms with E-state index < -0.39 is 6.04 Å². The molecule has 2 rings (SSSR count). The number of benzene rings is 1. The van der Waals surface area contributed by atoms with Crippen LogP contribution in [0.1, 0.15) is 11.6 Å². The lowest BCUT2D eigenvalue weighted by atomic mass is 10.1. The third-order valence-corrected chi connectivity index (χ3v) is 3.56. The average molecular weight is 251 g/mol. The lowest BCUT2D eigenvalue weighted by Crippen LogP contribution is -2.46. The summed E-state index contributed by atoms with van der Waals surface area (Å²) in [5.74, 6) is 0.146. The van der Waals surface area contributed by atoms with Crippen LogP contribution in [0.5, 0.6) is 0 Å². The number of carbonyl (C=O) groups excluding carboxylic acids is 2. The molecule has 4 nitrogen and oxygen atoms in total. The number of amides is 2. The van der Waals surface area contributed by atoms with E-state index in [4.69, 9.17) is 0 Å². The number of thioether (sulfide) groups is 1. The molecular weight excluding hydrogens is 238 g/mol. The van der Waals surface area contributed by atoms with Crippen molar-refractivity contribution >= 4 is 23.6 Å². The first-order valence-electron chi connectivity index (χ1n) is 5.32. The van der Waals surface area contributed by atoms with Gasteiger partial charge in [0.1, 0.15) is 0 Å². The Bertz CT molecular complexity index is 405. The molecule has 1 atom stereocenters. The molecule has 1 aliphatic heterocycles. The van der Waals surface area contributed by atoms with Gasteiger partial charge in [0.05, 0.1) is 24.2 Å². The molecule has 1 saturated heterocycles. The first kappa shape index (κ1) is 12.1. The van der Waals surface area contributed by atoms with Crippen molar-refractivity contribution in [3.05, 3.63) is 35.9 Å². The van der Waals surface area contributed by atoms with Crippen molar-refractivity contribution in [2.75, 3.05) is 18.1 Å². The van der Waals surface area contributed by atoms with Gasteiger partial charge >= 0.3 is 0 Å². The van der Waals surface area contributed by atoms with Crippen LogP contribution in [0.15, 0.2) is 30.3 Å². The van der Waals surface area contributed by atoms with E-state index in [1.54, 1.807) is 0 Å². The van der Waals surface area contributed by atoms with Crippen molar-refractivity contribution in [1.29, 1.82) is 0 Å². The average Bonchev–Trinajstić information content (AvgIpc) is 2.35. The zero-order valence-electron chi connectivity index (χ0n) is 9.20. The van der Waals surface area contributed by atoms with Crippen LogP contribution < -0.4 is 0 Å². The normalized spacial score (nSPS) is 18.3. The fourth-order valence-corrected chi connectivity index (χ4v) is 2.59. The highest BCUT2D eigenvalue weighted by molar-refractivity contribution is 8.00. The van der Waals surface area contributed by atoms with Gasteiger partial charge in [-0.15, -0.1) is 11.8 Å². The minimum Gasteiger partial charge on any atom is -0.394 e. The molecule has 1 N–H and O–H groups in total. The Morgan fingerprint density at radius 2 is 1.76 bits per heavy atom. The molecule has 0 aliphatic carbocycles. The summed E-state index contributed by atoms with van der Waals surface area (Å²) in [5, 5.41) is 9.41. The molecule has 1 fully saturated rings. The van der Waals surface area contributed by atoms with Crippen molar-refractivity contribution in [1.82, 2.24) is 4.90 Å². The number of imide groups is 1. The zero-order chi connectivity index (χ0) is 12.3. The minimum absolute atomic E-state index is 0.228. The summed E-state index contributed by atoms with van der Waals surface area (Å²) in [5.41, 5.74) is 0.781. The number of hydrogen-bond acceptors (Lipinski definition) is 4. The highest BCUT2D eigenvalue weighted by Gasteiger charge is 2.33. The SMILES string of the molecule is O=C1CSCC(=O)N1[C@@H](CO)c1ccccc1. The molecule has 1 heterocycles. The Kier molecular flexibility index (Phi) is 3.81. The second-order valence-electron chi connectivity index (χ2n) is 3.76. The number of rotatable bonds is 3. The summed E-state index contributed by atoms with van der Waals surface area (Å²) in [4.78, 5) is 24.7. The summed E-state index contributed by atoms with van der Waals surface area (Å²) in [6, 6.07) is 8.56. The molecule has 17 heavy (non-hydrogen) atoms. The van der Waals surface area contributed by atoms with Crippen molar-refractivity contribution < 1.29 is 14.7 Å². The maximum absolute atomic E-state index is 11.8. The van der Waals surface area contributed by atoms with Gasteiger partial charge in [-0.3, -0.25) is 14.5 Å². The number of nitrogens with zero attached hydrogens (tertiary/aromatic N) is 1. The van der Waals surface area contributed by atoms with Gasteiger partial charge in [0.25, 0.3) is 0 Å². The van der Waals surface area contributed by atoms with Crippen LogP contribution in [0.2, 0.25) is 0 Å². The Labute approximate surface area is 104 Å². The van der Waals surface area contributed by atoms with Gasteiger partial charge in [0, 0.05) is 0 Å². The Morgan fingerprint density at radius 1 is 1.18 bits per heavy atom. The molecular formula is C12H13NO3S. The van der Waals surface area contributed by atoms with Gasteiger partial charge < -0.3 is 5.11 Å². The lowest BCUT2D eigenvalue weighted by molar-refractivity contribution is -0.146. The zero-order valence-corrected chi connectivity index (χ0v) is 10.0. The highest BCUT2D eigenvalue weighted by atomic mass is 32.2. The van der Waals surface area contributed by atoms with Gasteiger partial charge in [-0.25, -0.2) is 0 Å². The highest BCUT2D eigenvalue weighted by Crippen LogP contribution is 2.25. The standard InChI is InChI=1S/C12H13NO3S/c14-6-10(9-4-2-1-3-5-9)13-11(15)7-17-8-12(13)16/h1-5,10,14H,6-8H2/t10-/m0/s1. The summed E-state index contributed by atoms with van der Waals surface area (Å²) >= 11 is 1.32. The molecule has 0 saturated carbocycles. The van der Waals surface area contributed by atoms with E-state index in [1.807, 2.05) is 30.3 Å². The van der Waals surface area contributed by atoms with E-state index in [0.29, 0.717) is 11.5 Å².